The highest BCUT2D eigenvalue weighted by atomic mass is 14.5. The minimum absolute atomic E-state index is 0.478. The molecular formula is C12H15N. The van der Waals surface area contributed by atoms with E-state index < -0.39 is 0 Å². The number of nitrogens with two attached hydrogens (primary N) is 1. The number of hydrogen-bond acceptors (Lipinski definition) is 1. The molecule has 0 aromatic rings. The Morgan fingerprint density at radius 1 is 1.38 bits per heavy atom. The lowest BCUT2D eigenvalue weighted by molar-refractivity contribution is 0.924. The highest BCUT2D eigenvalue weighted by molar-refractivity contribution is 5.38. The first-order valence-electron chi connectivity index (χ1n) is 4.84. The summed E-state index contributed by atoms with van der Waals surface area (Å²) in [6.45, 7) is 0.704. The highest BCUT2D eigenvalue weighted by Gasteiger charge is 2.11. The third-order valence-corrected chi connectivity index (χ3v) is 2.63. The quantitative estimate of drug-likeness (QED) is 0.605. The van der Waals surface area contributed by atoms with Crippen molar-refractivity contribution in [3.63, 3.8) is 0 Å². The zero-order chi connectivity index (χ0) is 9.10. The molecule has 13 heavy (non-hydrogen) atoms. The van der Waals surface area contributed by atoms with Gasteiger partial charge in [0.15, 0.2) is 0 Å². The van der Waals surface area contributed by atoms with Gasteiger partial charge in [-0.25, -0.2) is 0 Å². The van der Waals surface area contributed by atoms with Crippen LogP contribution in [0.3, 0.4) is 0 Å². The molecule has 0 bridgehead atoms. The molecule has 0 radical (unpaired) electrons. The molecule has 2 rings (SSSR count). The van der Waals surface area contributed by atoms with Crippen LogP contribution in [0.1, 0.15) is 12.8 Å². The monoisotopic (exact) mass is 173 g/mol. The molecular weight excluding hydrogens is 158 g/mol. The number of fused-ring (bicyclic) bond motifs is 1. The second kappa shape index (κ2) is 3.75. The summed E-state index contributed by atoms with van der Waals surface area (Å²) >= 11 is 0. The smallest absolute Gasteiger partial charge is 0.0201 e. The number of allylic oxidation sites excluding steroid dienone is 7. The van der Waals surface area contributed by atoms with Gasteiger partial charge in [0.25, 0.3) is 0 Å². The van der Waals surface area contributed by atoms with Gasteiger partial charge in [-0.05, 0) is 18.4 Å². The van der Waals surface area contributed by atoms with Crippen LogP contribution >= 0.6 is 0 Å². The van der Waals surface area contributed by atoms with E-state index in [0.717, 1.165) is 12.8 Å². The summed E-state index contributed by atoms with van der Waals surface area (Å²) in [6.07, 6.45) is 15.5. The topological polar surface area (TPSA) is 26.0 Å². The van der Waals surface area contributed by atoms with E-state index in [9.17, 15) is 0 Å². The fourth-order valence-electron chi connectivity index (χ4n) is 1.86. The molecule has 1 atom stereocenters. The van der Waals surface area contributed by atoms with Gasteiger partial charge < -0.3 is 5.73 Å². The summed E-state index contributed by atoms with van der Waals surface area (Å²) in [5.41, 5.74) is 8.47. The molecule has 2 aliphatic rings. The second-order valence-corrected chi connectivity index (χ2v) is 3.54. The minimum Gasteiger partial charge on any atom is -0.327 e. The van der Waals surface area contributed by atoms with Gasteiger partial charge in [0.05, 0.1) is 0 Å². The molecule has 0 aromatic heterocycles. The highest BCUT2D eigenvalue weighted by Crippen LogP contribution is 2.26. The molecule has 0 saturated heterocycles. The maximum absolute atomic E-state index is 5.66. The van der Waals surface area contributed by atoms with Crippen molar-refractivity contribution in [3.8, 4) is 0 Å². The van der Waals surface area contributed by atoms with Gasteiger partial charge in [-0.3, -0.25) is 0 Å². The largest absolute Gasteiger partial charge is 0.327 e. The summed E-state index contributed by atoms with van der Waals surface area (Å²) < 4.78 is 0. The van der Waals surface area contributed by atoms with Crippen molar-refractivity contribution < 1.29 is 0 Å². The van der Waals surface area contributed by atoms with Crippen molar-refractivity contribution in [2.45, 2.75) is 12.8 Å². The Balaban J connectivity index is 2.27. The Morgan fingerprint density at radius 2 is 2.31 bits per heavy atom. The predicted octanol–water partition coefficient (Wildman–Crippen LogP) is 2.33. The lowest BCUT2D eigenvalue weighted by Gasteiger charge is -2.12. The van der Waals surface area contributed by atoms with E-state index in [1.807, 2.05) is 0 Å². The van der Waals surface area contributed by atoms with Crippen molar-refractivity contribution in [2.75, 3.05) is 6.54 Å². The van der Waals surface area contributed by atoms with Gasteiger partial charge in [-0.1, -0.05) is 42.0 Å². The minimum atomic E-state index is 0.478. The van der Waals surface area contributed by atoms with Gasteiger partial charge in [-0.15, -0.1) is 0 Å². The van der Waals surface area contributed by atoms with Crippen molar-refractivity contribution in [1.82, 2.24) is 0 Å². The number of rotatable bonds is 1. The molecule has 68 valence electrons. The third kappa shape index (κ3) is 1.81. The maximum atomic E-state index is 5.66. The predicted molar refractivity (Wildman–Crippen MR) is 56.2 cm³/mol. The average molecular weight is 173 g/mol. The zero-order valence-electron chi connectivity index (χ0n) is 7.74. The van der Waals surface area contributed by atoms with Crippen LogP contribution in [-0.4, -0.2) is 6.54 Å². The van der Waals surface area contributed by atoms with Crippen LogP contribution in [0.25, 0.3) is 0 Å². The van der Waals surface area contributed by atoms with E-state index in [1.165, 1.54) is 11.1 Å². The molecule has 1 unspecified atom stereocenters. The molecule has 0 amide bonds. The van der Waals surface area contributed by atoms with Gasteiger partial charge in [-0.2, -0.15) is 0 Å². The normalized spacial score (nSPS) is 26.1. The van der Waals surface area contributed by atoms with Crippen LogP contribution in [-0.2, 0) is 0 Å². The van der Waals surface area contributed by atoms with Gasteiger partial charge >= 0.3 is 0 Å². The Kier molecular flexibility index (Phi) is 2.46. The first-order valence-corrected chi connectivity index (χ1v) is 4.84. The summed E-state index contributed by atoms with van der Waals surface area (Å²) in [5.74, 6) is 0.478. The van der Waals surface area contributed by atoms with E-state index in [-0.39, 0.29) is 0 Å². The van der Waals surface area contributed by atoms with E-state index >= 15 is 0 Å². The molecule has 0 spiro atoms. The third-order valence-electron chi connectivity index (χ3n) is 2.63. The fraction of sp³-hybridized carbons (Fsp3) is 0.333. The van der Waals surface area contributed by atoms with Crippen molar-refractivity contribution in [1.29, 1.82) is 0 Å². The van der Waals surface area contributed by atoms with E-state index in [4.69, 9.17) is 5.73 Å². The van der Waals surface area contributed by atoms with Crippen LogP contribution in [0.15, 0.2) is 47.6 Å². The molecule has 1 nitrogen and oxygen atoms in total. The van der Waals surface area contributed by atoms with Gasteiger partial charge in [0.1, 0.15) is 0 Å². The number of hydrogen-bond donors (Lipinski definition) is 1. The molecule has 2 N–H and O–H groups in total. The summed E-state index contributed by atoms with van der Waals surface area (Å²) in [4.78, 5) is 0. The van der Waals surface area contributed by atoms with Crippen LogP contribution in [0.5, 0.6) is 0 Å². The standard InChI is InChI=1S/C12H15N/c13-9-10-4-3-7-11-5-1-2-6-12(11)8-10/h1-2,5-8,12H,3-4,9,13H2. The molecule has 0 heterocycles. The van der Waals surface area contributed by atoms with Crippen molar-refractivity contribution in [2.24, 2.45) is 11.7 Å². The molecule has 0 aromatic carbocycles. The SMILES string of the molecule is NCC1=CC2C=CC=CC2=CCC1. The Labute approximate surface area is 79.3 Å². The lowest BCUT2D eigenvalue weighted by atomic mass is 9.94. The lowest BCUT2D eigenvalue weighted by Crippen LogP contribution is -2.05. The summed E-state index contributed by atoms with van der Waals surface area (Å²) in [6, 6.07) is 0. The van der Waals surface area contributed by atoms with Gasteiger partial charge in [0, 0.05) is 12.5 Å². The van der Waals surface area contributed by atoms with Crippen molar-refractivity contribution >= 4 is 0 Å². The zero-order valence-corrected chi connectivity index (χ0v) is 7.74. The molecule has 0 fully saturated rings. The molecule has 0 aliphatic heterocycles. The van der Waals surface area contributed by atoms with Crippen LogP contribution in [0, 0.1) is 5.92 Å². The van der Waals surface area contributed by atoms with Crippen LogP contribution < -0.4 is 5.73 Å². The Morgan fingerprint density at radius 3 is 3.15 bits per heavy atom. The van der Waals surface area contributed by atoms with Crippen LogP contribution in [0.2, 0.25) is 0 Å². The Bertz CT molecular complexity index is 305. The second-order valence-electron chi connectivity index (χ2n) is 3.54. The summed E-state index contributed by atoms with van der Waals surface area (Å²) in [7, 11) is 0. The van der Waals surface area contributed by atoms with E-state index in [2.05, 4.69) is 36.5 Å². The molecule has 2 aliphatic carbocycles. The average Bonchev–Trinajstić information content (AvgIpc) is 2.38. The first-order chi connectivity index (χ1) is 6.40. The summed E-state index contributed by atoms with van der Waals surface area (Å²) in [5, 5.41) is 0. The van der Waals surface area contributed by atoms with Crippen LogP contribution in [0.4, 0.5) is 0 Å². The Hall–Kier alpha value is -1.08. The van der Waals surface area contributed by atoms with E-state index in [0.29, 0.717) is 12.5 Å². The molecule has 0 saturated carbocycles. The first kappa shape index (κ1) is 8.52. The fourth-order valence-corrected chi connectivity index (χ4v) is 1.86. The molecule has 1 heteroatoms. The van der Waals surface area contributed by atoms with E-state index in [1.54, 1.807) is 0 Å². The van der Waals surface area contributed by atoms with Gasteiger partial charge in [0.2, 0.25) is 0 Å². The van der Waals surface area contributed by atoms with Crippen molar-refractivity contribution in [3.05, 3.63) is 47.6 Å². The maximum Gasteiger partial charge on any atom is 0.0201 e.